The SMILES string of the molecule is CCOc1cccc([C@@H]2C(C(=O)c3cccs3)=C(O)C(=O)N2CCN(C)C)c1. The Bertz CT molecular complexity index is 890. The van der Waals surface area contributed by atoms with E-state index in [4.69, 9.17) is 4.74 Å². The van der Waals surface area contributed by atoms with E-state index < -0.39 is 17.7 Å². The molecule has 0 radical (unpaired) electrons. The maximum Gasteiger partial charge on any atom is 0.290 e. The summed E-state index contributed by atoms with van der Waals surface area (Å²) in [5.41, 5.74) is 0.863. The van der Waals surface area contributed by atoms with Gasteiger partial charge >= 0.3 is 0 Å². The molecule has 2 aromatic rings. The predicted molar refractivity (Wildman–Crippen MR) is 109 cm³/mol. The number of likely N-dealkylation sites (N-methyl/N-ethyl adjacent to an activating group) is 1. The zero-order chi connectivity index (χ0) is 20.3. The monoisotopic (exact) mass is 400 g/mol. The van der Waals surface area contributed by atoms with Crippen LogP contribution in [0, 0.1) is 0 Å². The van der Waals surface area contributed by atoms with E-state index in [9.17, 15) is 14.7 Å². The van der Waals surface area contributed by atoms with Gasteiger partial charge in [-0.05, 0) is 50.2 Å². The lowest BCUT2D eigenvalue weighted by atomic mass is 9.95. The molecule has 1 aliphatic rings. The number of ketones is 1. The summed E-state index contributed by atoms with van der Waals surface area (Å²) in [6.45, 7) is 3.41. The van der Waals surface area contributed by atoms with Crippen LogP contribution in [0.2, 0.25) is 0 Å². The number of carbonyl (C=O) groups is 2. The van der Waals surface area contributed by atoms with Crippen molar-refractivity contribution in [1.29, 1.82) is 0 Å². The molecule has 0 saturated heterocycles. The first kappa shape index (κ1) is 20.1. The van der Waals surface area contributed by atoms with Crippen LogP contribution in [-0.4, -0.2) is 60.4 Å². The average molecular weight is 401 g/mol. The summed E-state index contributed by atoms with van der Waals surface area (Å²) >= 11 is 1.29. The van der Waals surface area contributed by atoms with Crippen molar-refractivity contribution < 1.29 is 19.4 Å². The molecule has 1 amide bonds. The van der Waals surface area contributed by atoms with Crippen LogP contribution >= 0.6 is 11.3 Å². The van der Waals surface area contributed by atoms with Crippen molar-refractivity contribution >= 4 is 23.0 Å². The van der Waals surface area contributed by atoms with Gasteiger partial charge in [-0.25, -0.2) is 0 Å². The van der Waals surface area contributed by atoms with Crippen LogP contribution in [0.1, 0.15) is 28.2 Å². The highest BCUT2D eigenvalue weighted by molar-refractivity contribution is 7.12. The van der Waals surface area contributed by atoms with Gasteiger partial charge in [-0.2, -0.15) is 0 Å². The Morgan fingerprint density at radius 2 is 2.07 bits per heavy atom. The molecule has 1 N–H and O–H groups in total. The second-order valence-electron chi connectivity index (χ2n) is 6.78. The third-order valence-electron chi connectivity index (χ3n) is 4.57. The second kappa shape index (κ2) is 8.58. The summed E-state index contributed by atoms with van der Waals surface area (Å²) in [6.07, 6.45) is 0. The first-order valence-corrected chi connectivity index (χ1v) is 10.0. The molecule has 148 valence electrons. The third-order valence-corrected chi connectivity index (χ3v) is 5.43. The van der Waals surface area contributed by atoms with Gasteiger partial charge in [0.05, 0.1) is 23.1 Å². The molecule has 1 aliphatic heterocycles. The minimum Gasteiger partial charge on any atom is -0.503 e. The minimum absolute atomic E-state index is 0.125. The van der Waals surface area contributed by atoms with E-state index in [0.717, 1.165) is 5.56 Å². The molecule has 0 aliphatic carbocycles. The Hall–Kier alpha value is -2.64. The van der Waals surface area contributed by atoms with E-state index in [2.05, 4.69) is 0 Å². The number of benzene rings is 1. The molecule has 1 aromatic carbocycles. The van der Waals surface area contributed by atoms with E-state index in [1.807, 2.05) is 50.2 Å². The zero-order valence-corrected chi connectivity index (χ0v) is 17.0. The molecule has 0 fully saturated rings. The van der Waals surface area contributed by atoms with E-state index in [-0.39, 0.29) is 11.4 Å². The van der Waals surface area contributed by atoms with Gasteiger partial charge in [0, 0.05) is 13.1 Å². The van der Waals surface area contributed by atoms with Crippen molar-refractivity contribution in [2.24, 2.45) is 0 Å². The standard InChI is InChI=1S/C21H24N2O4S/c1-4-27-15-8-5-7-14(13-15)18-17(19(24)16-9-6-12-28-16)20(25)21(26)23(18)11-10-22(2)3/h5-9,12-13,18,25H,4,10-11H2,1-3H3/t18-/m1/s1. The second-order valence-corrected chi connectivity index (χ2v) is 7.73. The van der Waals surface area contributed by atoms with Crippen LogP contribution in [0.4, 0.5) is 0 Å². The summed E-state index contributed by atoms with van der Waals surface area (Å²) in [4.78, 5) is 29.9. The normalized spacial score (nSPS) is 16.9. The number of hydrogen-bond donors (Lipinski definition) is 1. The number of aliphatic hydroxyl groups is 1. The third kappa shape index (κ3) is 3.95. The maximum atomic E-state index is 13.1. The van der Waals surface area contributed by atoms with E-state index >= 15 is 0 Å². The van der Waals surface area contributed by atoms with Gasteiger partial charge in [0.2, 0.25) is 5.78 Å². The quantitative estimate of drug-likeness (QED) is 0.689. The van der Waals surface area contributed by atoms with Gasteiger partial charge in [0.15, 0.2) is 5.76 Å². The number of Topliss-reactive ketones (excluding diaryl/α,β-unsaturated/α-hetero) is 1. The Morgan fingerprint density at radius 3 is 2.71 bits per heavy atom. The molecule has 1 aromatic heterocycles. The van der Waals surface area contributed by atoms with Crippen molar-refractivity contribution in [2.45, 2.75) is 13.0 Å². The molecule has 28 heavy (non-hydrogen) atoms. The van der Waals surface area contributed by atoms with Gasteiger partial charge in [-0.3, -0.25) is 9.59 Å². The van der Waals surface area contributed by atoms with Crippen molar-refractivity contribution in [3.8, 4) is 5.75 Å². The summed E-state index contributed by atoms with van der Waals surface area (Å²) < 4.78 is 5.59. The summed E-state index contributed by atoms with van der Waals surface area (Å²) in [5, 5.41) is 12.4. The number of rotatable bonds is 8. The summed E-state index contributed by atoms with van der Waals surface area (Å²) in [7, 11) is 3.83. The van der Waals surface area contributed by atoms with Crippen LogP contribution in [-0.2, 0) is 4.79 Å². The molecule has 1 atom stereocenters. The highest BCUT2D eigenvalue weighted by atomic mass is 32.1. The van der Waals surface area contributed by atoms with Gasteiger partial charge in [0.1, 0.15) is 5.75 Å². The molecular weight excluding hydrogens is 376 g/mol. The van der Waals surface area contributed by atoms with Crippen molar-refractivity contribution in [2.75, 3.05) is 33.8 Å². The lowest BCUT2D eigenvalue weighted by Crippen LogP contribution is -2.36. The van der Waals surface area contributed by atoms with Crippen molar-refractivity contribution in [3.63, 3.8) is 0 Å². The van der Waals surface area contributed by atoms with Gasteiger partial charge in [0.25, 0.3) is 5.91 Å². The largest absolute Gasteiger partial charge is 0.503 e. The molecule has 6 nitrogen and oxygen atoms in total. The first-order valence-electron chi connectivity index (χ1n) is 9.13. The molecular formula is C21H24N2O4S. The molecule has 7 heteroatoms. The Morgan fingerprint density at radius 1 is 1.29 bits per heavy atom. The molecule has 0 spiro atoms. The van der Waals surface area contributed by atoms with Crippen LogP contribution in [0.15, 0.2) is 53.1 Å². The fourth-order valence-electron chi connectivity index (χ4n) is 3.25. The van der Waals surface area contributed by atoms with Crippen molar-refractivity contribution in [3.05, 3.63) is 63.6 Å². The number of thiophene rings is 1. The number of ether oxygens (including phenoxy) is 1. The number of carbonyl (C=O) groups excluding carboxylic acids is 2. The smallest absolute Gasteiger partial charge is 0.290 e. The molecule has 0 unspecified atom stereocenters. The highest BCUT2D eigenvalue weighted by Gasteiger charge is 2.43. The average Bonchev–Trinajstić information content (AvgIpc) is 3.28. The number of nitrogens with zero attached hydrogens (tertiary/aromatic N) is 2. The Labute approximate surface area is 168 Å². The first-order chi connectivity index (χ1) is 13.4. The summed E-state index contributed by atoms with van der Waals surface area (Å²) in [6, 6.07) is 10.2. The Kier molecular flexibility index (Phi) is 6.16. The molecule has 3 rings (SSSR count). The van der Waals surface area contributed by atoms with Gasteiger partial charge < -0.3 is 19.6 Å². The molecule has 2 heterocycles. The molecule has 0 bridgehead atoms. The number of aliphatic hydroxyl groups excluding tert-OH is 1. The fourth-order valence-corrected chi connectivity index (χ4v) is 3.93. The van der Waals surface area contributed by atoms with E-state index in [1.165, 1.54) is 11.3 Å². The van der Waals surface area contributed by atoms with Crippen LogP contribution < -0.4 is 4.74 Å². The van der Waals surface area contributed by atoms with Gasteiger partial charge in [-0.1, -0.05) is 18.2 Å². The minimum atomic E-state index is -0.651. The summed E-state index contributed by atoms with van der Waals surface area (Å²) in [5.74, 6) is -0.646. The lowest BCUT2D eigenvalue weighted by molar-refractivity contribution is -0.129. The van der Waals surface area contributed by atoms with Crippen LogP contribution in [0.5, 0.6) is 5.75 Å². The van der Waals surface area contributed by atoms with E-state index in [1.54, 1.807) is 22.4 Å². The Balaban J connectivity index is 2.05. The predicted octanol–water partition coefficient (Wildman–Crippen LogP) is 3.29. The van der Waals surface area contributed by atoms with E-state index in [0.29, 0.717) is 30.3 Å². The van der Waals surface area contributed by atoms with Crippen LogP contribution in [0.25, 0.3) is 0 Å². The maximum absolute atomic E-state index is 13.1. The zero-order valence-electron chi connectivity index (χ0n) is 16.2. The van der Waals surface area contributed by atoms with Crippen LogP contribution in [0.3, 0.4) is 0 Å². The lowest BCUT2D eigenvalue weighted by Gasteiger charge is -2.28. The number of amides is 1. The highest BCUT2D eigenvalue weighted by Crippen LogP contribution is 2.40. The fraction of sp³-hybridized carbons (Fsp3) is 0.333. The van der Waals surface area contributed by atoms with Gasteiger partial charge in [-0.15, -0.1) is 11.3 Å². The topological polar surface area (TPSA) is 70.1 Å². The number of hydrogen-bond acceptors (Lipinski definition) is 6. The molecule has 0 saturated carbocycles. The van der Waals surface area contributed by atoms with Crippen molar-refractivity contribution in [1.82, 2.24) is 9.80 Å².